The number of aromatic nitrogens is 2. The lowest BCUT2D eigenvalue weighted by Crippen LogP contribution is -2.26. The van der Waals surface area contributed by atoms with Gasteiger partial charge >= 0.3 is 0 Å². The standard InChI is InChI=1S/C14H13Cl2N3O/c1-9-4-2-3-5-10(9)6-7-17-14(20)11-8-12(15)18-19-13(11)16/h2-5,8H,6-7H2,1H3,(H,17,20). The Morgan fingerprint density at radius 2 is 2.00 bits per heavy atom. The Kier molecular flexibility index (Phi) is 4.93. The fourth-order valence-electron chi connectivity index (χ4n) is 1.81. The van der Waals surface area contributed by atoms with Crippen molar-refractivity contribution in [1.82, 2.24) is 15.5 Å². The van der Waals surface area contributed by atoms with Crippen LogP contribution in [0.25, 0.3) is 0 Å². The summed E-state index contributed by atoms with van der Waals surface area (Å²) in [6.45, 7) is 2.56. The van der Waals surface area contributed by atoms with E-state index < -0.39 is 0 Å². The Bertz CT molecular complexity index is 632. The summed E-state index contributed by atoms with van der Waals surface area (Å²) in [6, 6.07) is 9.45. The van der Waals surface area contributed by atoms with Crippen LogP contribution in [0, 0.1) is 6.92 Å². The monoisotopic (exact) mass is 309 g/mol. The zero-order valence-corrected chi connectivity index (χ0v) is 12.4. The highest BCUT2D eigenvalue weighted by atomic mass is 35.5. The van der Waals surface area contributed by atoms with Gasteiger partial charge in [0.1, 0.15) is 0 Å². The average molecular weight is 310 g/mol. The summed E-state index contributed by atoms with van der Waals surface area (Å²) in [5, 5.41) is 10.1. The lowest BCUT2D eigenvalue weighted by atomic mass is 10.1. The number of carbonyl (C=O) groups is 1. The first-order valence-electron chi connectivity index (χ1n) is 6.09. The van der Waals surface area contributed by atoms with E-state index in [2.05, 4.69) is 15.5 Å². The third-order valence-corrected chi connectivity index (χ3v) is 3.37. The number of nitrogens with one attached hydrogen (secondary N) is 1. The van der Waals surface area contributed by atoms with E-state index in [1.54, 1.807) is 0 Å². The second-order valence-corrected chi connectivity index (χ2v) is 5.05. The molecular formula is C14H13Cl2N3O. The van der Waals surface area contributed by atoms with Gasteiger partial charge in [0.15, 0.2) is 10.3 Å². The molecule has 0 fully saturated rings. The fourth-order valence-corrected chi connectivity index (χ4v) is 2.13. The van der Waals surface area contributed by atoms with E-state index in [4.69, 9.17) is 23.2 Å². The molecule has 0 aliphatic heterocycles. The van der Waals surface area contributed by atoms with E-state index in [9.17, 15) is 4.79 Å². The molecule has 0 aliphatic carbocycles. The normalized spacial score (nSPS) is 10.3. The number of amides is 1. The second kappa shape index (κ2) is 6.68. The van der Waals surface area contributed by atoms with Gasteiger partial charge in [0.2, 0.25) is 0 Å². The van der Waals surface area contributed by atoms with Crippen molar-refractivity contribution in [2.45, 2.75) is 13.3 Å². The Balaban J connectivity index is 1.96. The summed E-state index contributed by atoms with van der Waals surface area (Å²) >= 11 is 11.5. The van der Waals surface area contributed by atoms with Crippen molar-refractivity contribution in [2.75, 3.05) is 6.54 Å². The van der Waals surface area contributed by atoms with E-state index >= 15 is 0 Å². The first-order valence-corrected chi connectivity index (χ1v) is 6.85. The lowest BCUT2D eigenvalue weighted by molar-refractivity contribution is 0.0953. The summed E-state index contributed by atoms with van der Waals surface area (Å²) in [7, 11) is 0. The summed E-state index contributed by atoms with van der Waals surface area (Å²) < 4.78 is 0. The zero-order valence-electron chi connectivity index (χ0n) is 10.9. The molecule has 0 aliphatic rings. The molecule has 2 aromatic rings. The summed E-state index contributed by atoms with van der Waals surface area (Å²) in [5.41, 5.74) is 2.63. The Hall–Kier alpha value is -1.65. The molecule has 0 saturated heterocycles. The van der Waals surface area contributed by atoms with Crippen LogP contribution in [0.2, 0.25) is 10.3 Å². The average Bonchev–Trinajstić information content (AvgIpc) is 2.43. The topological polar surface area (TPSA) is 54.9 Å². The van der Waals surface area contributed by atoms with Gasteiger partial charge in [0, 0.05) is 6.54 Å². The van der Waals surface area contributed by atoms with Crippen molar-refractivity contribution >= 4 is 29.1 Å². The first-order chi connectivity index (χ1) is 9.58. The van der Waals surface area contributed by atoms with Gasteiger partial charge in [-0.1, -0.05) is 47.5 Å². The lowest BCUT2D eigenvalue weighted by Gasteiger charge is -2.08. The van der Waals surface area contributed by atoms with Crippen molar-refractivity contribution < 1.29 is 4.79 Å². The summed E-state index contributed by atoms with van der Waals surface area (Å²) in [4.78, 5) is 12.0. The molecule has 6 heteroatoms. The molecule has 0 saturated carbocycles. The van der Waals surface area contributed by atoms with E-state index in [0.717, 1.165) is 6.42 Å². The quantitative estimate of drug-likeness (QED) is 0.944. The maximum atomic E-state index is 12.0. The summed E-state index contributed by atoms with van der Waals surface area (Å²) in [5.74, 6) is -0.305. The van der Waals surface area contributed by atoms with Gasteiger partial charge in [-0.05, 0) is 30.5 Å². The zero-order chi connectivity index (χ0) is 14.5. The number of hydrogen-bond acceptors (Lipinski definition) is 3. The Morgan fingerprint density at radius 3 is 2.75 bits per heavy atom. The number of benzene rings is 1. The number of carbonyl (C=O) groups excluding carboxylic acids is 1. The Labute approximate surface area is 127 Å². The minimum absolute atomic E-state index is 0.0443. The van der Waals surface area contributed by atoms with E-state index in [1.165, 1.54) is 17.2 Å². The molecule has 1 aromatic heterocycles. The fraction of sp³-hybridized carbons (Fsp3) is 0.214. The highest BCUT2D eigenvalue weighted by molar-refractivity contribution is 6.34. The van der Waals surface area contributed by atoms with E-state index in [0.29, 0.717) is 6.54 Å². The minimum Gasteiger partial charge on any atom is -0.352 e. The van der Waals surface area contributed by atoms with Gasteiger partial charge in [0.25, 0.3) is 5.91 Å². The second-order valence-electron chi connectivity index (χ2n) is 4.30. The molecule has 1 heterocycles. The van der Waals surface area contributed by atoms with E-state index in [1.807, 2.05) is 31.2 Å². The van der Waals surface area contributed by atoms with E-state index in [-0.39, 0.29) is 21.8 Å². The SMILES string of the molecule is Cc1ccccc1CCNC(=O)c1cc(Cl)nnc1Cl. The van der Waals surface area contributed by atoms with Crippen LogP contribution in [0.1, 0.15) is 21.5 Å². The molecule has 1 N–H and O–H groups in total. The highest BCUT2D eigenvalue weighted by Crippen LogP contribution is 2.15. The molecule has 1 amide bonds. The molecule has 4 nitrogen and oxygen atoms in total. The molecule has 0 spiro atoms. The van der Waals surface area contributed by atoms with Gasteiger partial charge in [-0.2, -0.15) is 0 Å². The van der Waals surface area contributed by atoms with Gasteiger partial charge in [-0.3, -0.25) is 4.79 Å². The molecule has 20 heavy (non-hydrogen) atoms. The highest BCUT2D eigenvalue weighted by Gasteiger charge is 2.12. The van der Waals surface area contributed by atoms with Crippen molar-refractivity contribution in [3.8, 4) is 0 Å². The minimum atomic E-state index is -0.305. The molecule has 0 atom stereocenters. The molecule has 104 valence electrons. The van der Waals surface area contributed by atoms with Gasteiger partial charge in [-0.25, -0.2) is 0 Å². The first kappa shape index (κ1) is 14.8. The van der Waals surface area contributed by atoms with Gasteiger partial charge < -0.3 is 5.32 Å². The van der Waals surface area contributed by atoms with Crippen LogP contribution in [-0.2, 0) is 6.42 Å². The number of halogens is 2. The van der Waals surface area contributed by atoms with Gasteiger partial charge in [0.05, 0.1) is 5.56 Å². The predicted molar refractivity (Wildman–Crippen MR) is 79.3 cm³/mol. The third kappa shape index (κ3) is 3.68. The van der Waals surface area contributed by atoms with Crippen LogP contribution >= 0.6 is 23.2 Å². The van der Waals surface area contributed by atoms with Crippen molar-refractivity contribution in [3.63, 3.8) is 0 Å². The third-order valence-electron chi connectivity index (χ3n) is 2.90. The van der Waals surface area contributed by atoms with Crippen LogP contribution in [0.4, 0.5) is 0 Å². The van der Waals surface area contributed by atoms with Gasteiger partial charge in [-0.15, -0.1) is 10.2 Å². The van der Waals surface area contributed by atoms with Crippen LogP contribution in [0.5, 0.6) is 0 Å². The molecule has 1 aromatic carbocycles. The number of nitrogens with zero attached hydrogens (tertiary/aromatic N) is 2. The number of rotatable bonds is 4. The molecule has 0 bridgehead atoms. The van der Waals surface area contributed by atoms with Crippen LogP contribution < -0.4 is 5.32 Å². The maximum absolute atomic E-state index is 12.0. The number of aryl methyl sites for hydroxylation is 1. The maximum Gasteiger partial charge on any atom is 0.254 e. The van der Waals surface area contributed by atoms with Crippen LogP contribution in [0.15, 0.2) is 30.3 Å². The molecule has 0 unspecified atom stereocenters. The Morgan fingerprint density at radius 1 is 1.25 bits per heavy atom. The number of hydrogen-bond donors (Lipinski definition) is 1. The van der Waals surface area contributed by atoms with Crippen molar-refractivity contribution in [1.29, 1.82) is 0 Å². The largest absolute Gasteiger partial charge is 0.352 e. The summed E-state index contributed by atoms with van der Waals surface area (Å²) in [6.07, 6.45) is 0.752. The molecule has 0 radical (unpaired) electrons. The van der Waals surface area contributed by atoms with Crippen LogP contribution in [0.3, 0.4) is 0 Å². The smallest absolute Gasteiger partial charge is 0.254 e. The van der Waals surface area contributed by atoms with Crippen molar-refractivity contribution in [3.05, 3.63) is 57.3 Å². The molecular weight excluding hydrogens is 297 g/mol. The molecule has 2 rings (SSSR count). The van der Waals surface area contributed by atoms with Crippen molar-refractivity contribution in [2.24, 2.45) is 0 Å². The van der Waals surface area contributed by atoms with Crippen LogP contribution in [-0.4, -0.2) is 22.6 Å². The predicted octanol–water partition coefficient (Wildman–Crippen LogP) is 3.06.